The minimum Gasteiger partial charge on any atom is -0.494 e. The van der Waals surface area contributed by atoms with E-state index in [-0.39, 0.29) is 23.6 Å². The number of hydrogen-bond donors (Lipinski definition) is 0. The van der Waals surface area contributed by atoms with Gasteiger partial charge in [-0.05, 0) is 67.3 Å². The third-order valence-corrected chi connectivity index (χ3v) is 6.78. The van der Waals surface area contributed by atoms with Crippen LogP contribution >= 0.6 is 0 Å². The van der Waals surface area contributed by atoms with Gasteiger partial charge in [0.25, 0.3) is 5.91 Å². The SMILES string of the molecule is CCCCCCOc1ccc(C2c3c(oc4cc(C)cc(C)c4c3=O)C(=O)N2Cc2ccco2)cc1. The second kappa shape index (κ2) is 10.1. The van der Waals surface area contributed by atoms with Gasteiger partial charge in [0.15, 0.2) is 5.43 Å². The Hall–Kier alpha value is -3.80. The third-order valence-electron chi connectivity index (χ3n) is 6.78. The predicted molar refractivity (Wildman–Crippen MR) is 138 cm³/mol. The highest BCUT2D eigenvalue weighted by atomic mass is 16.5. The van der Waals surface area contributed by atoms with Gasteiger partial charge in [-0.1, -0.05) is 44.4 Å². The smallest absolute Gasteiger partial charge is 0.291 e. The number of hydrogen-bond acceptors (Lipinski definition) is 5. The summed E-state index contributed by atoms with van der Waals surface area (Å²) in [7, 11) is 0. The molecule has 0 spiro atoms. The van der Waals surface area contributed by atoms with Gasteiger partial charge in [-0.3, -0.25) is 9.59 Å². The first kappa shape index (κ1) is 23.9. The van der Waals surface area contributed by atoms with E-state index in [1.165, 1.54) is 12.8 Å². The number of unbranched alkanes of at least 4 members (excludes halogenated alkanes) is 3. The van der Waals surface area contributed by atoms with Crippen LogP contribution in [0.3, 0.4) is 0 Å². The molecular weight excluding hydrogens is 454 g/mol. The van der Waals surface area contributed by atoms with Crippen LogP contribution in [-0.4, -0.2) is 17.4 Å². The molecule has 6 heteroatoms. The number of nitrogens with zero attached hydrogens (tertiary/aromatic N) is 1. The van der Waals surface area contributed by atoms with Crippen molar-refractivity contribution < 1.29 is 18.4 Å². The Bertz CT molecular complexity index is 1430. The van der Waals surface area contributed by atoms with E-state index in [1.54, 1.807) is 17.2 Å². The summed E-state index contributed by atoms with van der Waals surface area (Å²) in [6, 6.07) is 14.5. The first-order chi connectivity index (χ1) is 17.5. The van der Waals surface area contributed by atoms with Gasteiger partial charge in [0.1, 0.15) is 17.1 Å². The van der Waals surface area contributed by atoms with E-state index in [4.69, 9.17) is 13.6 Å². The molecule has 0 radical (unpaired) electrons. The standard InChI is InChI=1S/C30H31NO5/c1-4-5-6-7-14-34-22-12-10-21(11-13-22)27-26-28(32)25-20(3)16-19(2)17-24(25)36-29(26)30(33)31(27)18-23-9-8-15-35-23/h8-13,15-17,27H,4-7,14,18H2,1-3H3. The summed E-state index contributed by atoms with van der Waals surface area (Å²) in [5.74, 6) is 1.19. The van der Waals surface area contributed by atoms with Crippen molar-refractivity contribution in [3.05, 3.63) is 98.8 Å². The summed E-state index contributed by atoms with van der Waals surface area (Å²) >= 11 is 0. The van der Waals surface area contributed by atoms with Crippen molar-refractivity contribution in [3.63, 3.8) is 0 Å². The molecule has 0 bridgehead atoms. The molecule has 1 amide bonds. The Morgan fingerprint density at radius 1 is 1.00 bits per heavy atom. The highest BCUT2D eigenvalue weighted by molar-refractivity contribution is 5.99. The Kier molecular flexibility index (Phi) is 6.68. The fourth-order valence-corrected chi connectivity index (χ4v) is 5.06. The molecule has 0 saturated carbocycles. The molecule has 1 unspecified atom stereocenters. The summed E-state index contributed by atoms with van der Waals surface area (Å²) in [4.78, 5) is 29.1. The van der Waals surface area contributed by atoms with E-state index in [0.29, 0.717) is 28.9 Å². The number of carbonyl (C=O) groups excluding carboxylic acids is 1. The highest BCUT2D eigenvalue weighted by Crippen LogP contribution is 2.40. The Morgan fingerprint density at radius 3 is 2.53 bits per heavy atom. The fourth-order valence-electron chi connectivity index (χ4n) is 5.06. The second-order valence-corrected chi connectivity index (χ2v) is 9.52. The van der Waals surface area contributed by atoms with Crippen LogP contribution in [0.2, 0.25) is 0 Å². The molecule has 1 aliphatic rings. The monoisotopic (exact) mass is 485 g/mol. The van der Waals surface area contributed by atoms with Crippen LogP contribution in [0.4, 0.5) is 0 Å². The zero-order valence-electron chi connectivity index (χ0n) is 21.0. The van der Waals surface area contributed by atoms with Crippen LogP contribution in [0.25, 0.3) is 11.0 Å². The van der Waals surface area contributed by atoms with Gasteiger partial charge in [0.2, 0.25) is 5.76 Å². The minimum absolute atomic E-state index is 0.102. The van der Waals surface area contributed by atoms with Gasteiger partial charge < -0.3 is 18.5 Å². The summed E-state index contributed by atoms with van der Waals surface area (Å²) in [6.07, 6.45) is 6.14. The van der Waals surface area contributed by atoms with Crippen molar-refractivity contribution in [2.45, 2.75) is 59.0 Å². The molecule has 3 heterocycles. The van der Waals surface area contributed by atoms with Crippen molar-refractivity contribution in [3.8, 4) is 5.75 Å². The summed E-state index contributed by atoms with van der Waals surface area (Å²) in [5.41, 5.74) is 3.28. The lowest BCUT2D eigenvalue weighted by Crippen LogP contribution is -2.29. The van der Waals surface area contributed by atoms with E-state index >= 15 is 0 Å². The Balaban J connectivity index is 1.54. The zero-order chi connectivity index (χ0) is 25.2. The largest absolute Gasteiger partial charge is 0.494 e. The van der Waals surface area contributed by atoms with Gasteiger partial charge >= 0.3 is 0 Å². The molecule has 4 aromatic rings. The maximum absolute atomic E-state index is 13.8. The Labute approximate surface area is 210 Å². The normalized spacial score (nSPS) is 15.0. The molecule has 2 aromatic carbocycles. The molecule has 1 atom stereocenters. The number of furan rings is 1. The van der Waals surface area contributed by atoms with Crippen LogP contribution in [0.5, 0.6) is 5.75 Å². The molecule has 186 valence electrons. The first-order valence-corrected chi connectivity index (χ1v) is 12.6. The third kappa shape index (κ3) is 4.43. The molecule has 0 saturated heterocycles. The molecule has 36 heavy (non-hydrogen) atoms. The van der Waals surface area contributed by atoms with Gasteiger partial charge in [-0.2, -0.15) is 0 Å². The molecule has 0 fully saturated rings. The lowest BCUT2D eigenvalue weighted by molar-refractivity contribution is 0.0701. The molecule has 1 aliphatic heterocycles. The quantitative estimate of drug-likeness (QED) is 0.246. The molecule has 6 nitrogen and oxygen atoms in total. The van der Waals surface area contributed by atoms with Crippen molar-refractivity contribution in [1.82, 2.24) is 4.90 Å². The second-order valence-electron chi connectivity index (χ2n) is 9.52. The van der Waals surface area contributed by atoms with Crippen LogP contribution in [-0.2, 0) is 6.54 Å². The number of amides is 1. The van der Waals surface area contributed by atoms with Crippen LogP contribution in [0.1, 0.15) is 77.2 Å². The maximum Gasteiger partial charge on any atom is 0.291 e. The van der Waals surface area contributed by atoms with E-state index < -0.39 is 6.04 Å². The summed E-state index contributed by atoms with van der Waals surface area (Å²) < 4.78 is 17.6. The first-order valence-electron chi connectivity index (χ1n) is 12.6. The molecular formula is C30H31NO5. The van der Waals surface area contributed by atoms with Crippen molar-refractivity contribution in [1.29, 1.82) is 0 Å². The topological polar surface area (TPSA) is 72.9 Å². The molecule has 0 N–H and O–H groups in total. The van der Waals surface area contributed by atoms with Gasteiger partial charge in [-0.25, -0.2) is 0 Å². The van der Waals surface area contributed by atoms with E-state index in [1.807, 2.05) is 56.3 Å². The Morgan fingerprint density at radius 2 is 1.81 bits per heavy atom. The average molecular weight is 486 g/mol. The summed E-state index contributed by atoms with van der Waals surface area (Å²) in [6.45, 7) is 6.93. The fraction of sp³-hybridized carbons (Fsp3) is 0.333. The number of carbonyl (C=O) groups is 1. The van der Waals surface area contributed by atoms with Crippen molar-refractivity contribution in [2.24, 2.45) is 0 Å². The number of benzene rings is 2. The highest BCUT2D eigenvalue weighted by Gasteiger charge is 2.43. The minimum atomic E-state index is -0.586. The number of ether oxygens (including phenoxy) is 1. The lowest BCUT2D eigenvalue weighted by atomic mass is 9.97. The zero-order valence-corrected chi connectivity index (χ0v) is 21.0. The lowest BCUT2D eigenvalue weighted by Gasteiger charge is -2.24. The number of rotatable bonds is 9. The molecule has 5 rings (SSSR count). The van der Waals surface area contributed by atoms with E-state index in [2.05, 4.69) is 6.92 Å². The van der Waals surface area contributed by atoms with Crippen LogP contribution in [0, 0.1) is 13.8 Å². The van der Waals surface area contributed by atoms with Crippen molar-refractivity contribution >= 4 is 16.9 Å². The van der Waals surface area contributed by atoms with Gasteiger partial charge in [0.05, 0.1) is 36.4 Å². The van der Waals surface area contributed by atoms with E-state index in [0.717, 1.165) is 35.3 Å². The molecule has 0 aliphatic carbocycles. The van der Waals surface area contributed by atoms with Crippen molar-refractivity contribution in [2.75, 3.05) is 6.61 Å². The van der Waals surface area contributed by atoms with Gasteiger partial charge in [0, 0.05) is 0 Å². The average Bonchev–Trinajstić information content (AvgIpc) is 3.46. The van der Waals surface area contributed by atoms with E-state index in [9.17, 15) is 9.59 Å². The number of aryl methyl sites for hydroxylation is 2. The number of fused-ring (bicyclic) bond motifs is 2. The predicted octanol–water partition coefficient (Wildman–Crippen LogP) is 6.71. The van der Waals surface area contributed by atoms with Crippen LogP contribution in [0.15, 0.2) is 68.4 Å². The van der Waals surface area contributed by atoms with Crippen LogP contribution < -0.4 is 10.2 Å². The molecule has 2 aromatic heterocycles. The maximum atomic E-state index is 13.8. The summed E-state index contributed by atoms with van der Waals surface area (Å²) in [5, 5.41) is 0.518. The van der Waals surface area contributed by atoms with Gasteiger partial charge in [-0.15, -0.1) is 0 Å².